The van der Waals surface area contributed by atoms with Crippen LogP contribution in [0.3, 0.4) is 0 Å². The first-order valence-electron chi connectivity index (χ1n) is 4.96. The van der Waals surface area contributed by atoms with Crippen molar-refractivity contribution in [2.24, 2.45) is 5.92 Å². The van der Waals surface area contributed by atoms with Crippen LogP contribution in [-0.2, 0) is 6.54 Å². The van der Waals surface area contributed by atoms with Gasteiger partial charge in [0.05, 0.1) is 0 Å². The monoisotopic (exact) mass is 176 g/mol. The number of nitrogens with one attached hydrogen (secondary N) is 1. The summed E-state index contributed by atoms with van der Waals surface area (Å²) in [5.74, 6) is 0.956. The molecule has 1 fully saturated rings. The van der Waals surface area contributed by atoms with E-state index in [0.29, 0.717) is 0 Å². The molecule has 2 heteroatoms. The zero-order valence-corrected chi connectivity index (χ0v) is 8.09. The van der Waals surface area contributed by atoms with E-state index < -0.39 is 0 Å². The van der Waals surface area contributed by atoms with Gasteiger partial charge in [0, 0.05) is 18.9 Å². The summed E-state index contributed by atoms with van der Waals surface area (Å²) in [5, 5.41) is 3.45. The Morgan fingerprint density at radius 1 is 1.46 bits per heavy atom. The number of nitrogens with zero attached hydrogens (tertiary/aromatic N) is 1. The normalized spacial score (nSPS) is 16.1. The number of aromatic nitrogens is 1. The molecule has 1 N–H and O–H groups in total. The van der Waals surface area contributed by atoms with Gasteiger partial charge in [0.15, 0.2) is 0 Å². The maximum atomic E-state index is 4.16. The van der Waals surface area contributed by atoms with Gasteiger partial charge in [-0.2, -0.15) is 0 Å². The van der Waals surface area contributed by atoms with Crippen molar-refractivity contribution in [3.05, 3.63) is 29.6 Å². The van der Waals surface area contributed by atoms with E-state index in [-0.39, 0.29) is 0 Å². The molecule has 0 amide bonds. The van der Waals surface area contributed by atoms with Gasteiger partial charge in [-0.05, 0) is 43.4 Å². The van der Waals surface area contributed by atoms with E-state index in [9.17, 15) is 0 Å². The van der Waals surface area contributed by atoms with Crippen molar-refractivity contribution < 1.29 is 0 Å². The third-order valence-electron chi connectivity index (χ3n) is 2.39. The summed E-state index contributed by atoms with van der Waals surface area (Å²) >= 11 is 0. The molecule has 0 bridgehead atoms. The molecule has 1 heterocycles. The van der Waals surface area contributed by atoms with E-state index in [1.54, 1.807) is 0 Å². The predicted molar refractivity (Wildman–Crippen MR) is 53.4 cm³/mol. The van der Waals surface area contributed by atoms with E-state index in [1.807, 2.05) is 12.4 Å². The van der Waals surface area contributed by atoms with E-state index in [4.69, 9.17) is 0 Å². The standard InChI is InChI=1S/C11H16N2/c1-9-4-11(7-12-5-9)8-13-6-10-2-3-10/h4-5,7,10,13H,2-3,6,8H2,1H3. The van der Waals surface area contributed by atoms with E-state index in [1.165, 1.54) is 30.5 Å². The van der Waals surface area contributed by atoms with Crippen LogP contribution in [0.15, 0.2) is 18.5 Å². The van der Waals surface area contributed by atoms with Crippen LogP contribution in [-0.4, -0.2) is 11.5 Å². The van der Waals surface area contributed by atoms with Crippen LogP contribution >= 0.6 is 0 Å². The summed E-state index contributed by atoms with van der Waals surface area (Å²) in [6.45, 7) is 4.22. The Hall–Kier alpha value is -0.890. The van der Waals surface area contributed by atoms with Crippen LogP contribution in [0.2, 0.25) is 0 Å². The maximum Gasteiger partial charge on any atom is 0.0313 e. The number of pyridine rings is 1. The average molecular weight is 176 g/mol. The first kappa shape index (κ1) is 8.70. The van der Waals surface area contributed by atoms with Crippen LogP contribution in [0.5, 0.6) is 0 Å². The summed E-state index contributed by atoms with van der Waals surface area (Å²) in [4.78, 5) is 4.16. The number of aryl methyl sites for hydroxylation is 1. The zero-order valence-electron chi connectivity index (χ0n) is 8.09. The second kappa shape index (κ2) is 3.88. The molecule has 2 nitrogen and oxygen atoms in total. The zero-order chi connectivity index (χ0) is 9.10. The highest BCUT2D eigenvalue weighted by molar-refractivity contribution is 5.16. The van der Waals surface area contributed by atoms with Crippen LogP contribution in [0.1, 0.15) is 24.0 Å². The van der Waals surface area contributed by atoms with Gasteiger partial charge in [0.25, 0.3) is 0 Å². The van der Waals surface area contributed by atoms with Gasteiger partial charge in [-0.3, -0.25) is 4.98 Å². The van der Waals surface area contributed by atoms with Crippen molar-refractivity contribution in [3.63, 3.8) is 0 Å². The van der Waals surface area contributed by atoms with E-state index in [2.05, 4.69) is 23.3 Å². The topological polar surface area (TPSA) is 24.9 Å². The molecule has 1 aliphatic carbocycles. The van der Waals surface area contributed by atoms with Crippen LogP contribution in [0.25, 0.3) is 0 Å². The molecule has 0 aromatic carbocycles. The molecule has 13 heavy (non-hydrogen) atoms. The van der Waals surface area contributed by atoms with Crippen molar-refractivity contribution in [2.75, 3.05) is 6.54 Å². The van der Waals surface area contributed by atoms with Gasteiger partial charge in [-0.1, -0.05) is 6.07 Å². The lowest BCUT2D eigenvalue weighted by molar-refractivity contribution is 0.637. The van der Waals surface area contributed by atoms with Crippen molar-refractivity contribution in [3.8, 4) is 0 Å². The SMILES string of the molecule is Cc1cncc(CNCC2CC2)c1. The number of rotatable bonds is 4. The molecule has 0 atom stereocenters. The van der Waals surface area contributed by atoms with Crippen molar-refractivity contribution >= 4 is 0 Å². The minimum absolute atomic E-state index is 0.956. The highest BCUT2D eigenvalue weighted by Crippen LogP contribution is 2.27. The Bertz CT molecular complexity index is 279. The Morgan fingerprint density at radius 3 is 3.00 bits per heavy atom. The highest BCUT2D eigenvalue weighted by Gasteiger charge is 2.19. The van der Waals surface area contributed by atoms with Crippen molar-refractivity contribution in [1.29, 1.82) is 0 Å². The predicted octanol–water partition coefficient (Wildman–Crippen LogP) is 1.89. The van der Waals surface area contributed by atoms with Gasteiger partial charge in [-0.15, -0.1) is 0 Å². The second-order valence-corrected chi connectivity index (χ2v) is 3.94. The summed E-state index contributed by atoms with van der Waals surface area (Å²) < 4.78 is 0. The molecule has 0 unspecified atom stereocenters. The lowest BCUT2D eigenvalue weighted by Gasteiger charge is -2.03. The lowest BCUT2D eigenvalue weighted by atomic mass is 10.2. The van der Waals surface area contributed by atoms with Gasteiger partial charge in [0.2, 0.25) is 0 Å². The van der Waals surface area contributed by atoms with Crippen LogP contribution in [0, 0.1) is 12.8 Å². The third-order valence-corrected chi connectivity index (χ3v) is 2.39. The molecule has 0 spiro atoms. The molecular formula is C11H16N2. The fraction of sp³-hybridized carbons (Fsp3) is 0.545. The van der Waals surface area contributed by atoms with Gasteiger partial charge >= 0.3 is 0 Å². The largest absolute Gasteiger partial charge is 0.312 e. The van der Waals surface area contributed by atoms with E-state index in [0.717, 1.165) is 12.5 Å². The Labute approximate surface area is 79.4 Å². The Kier molecular flexibility index (Phi) is 2.60. The first-order valence-corrected chi connectivity index (χ1v) is 4.96. The minimum Gasteiger partial charge on any atom is -0.312 e. The first-order chi connectivity index (χ1) is 6.34. The van der Waals surface area contributed by atoms with Crippen LogP contribution < -0.4 is 5.32 Å². The number of hydrogen-bond donors (Lipinski definition) is 1. The summed E-state index contributed by atoms with van der Waals surface area (Å²) in [7, 11) is 0. The molecule has 70 valence electrons. The average Bonchev–Trinajstić information content (AvgIpc) is 2.88. The fourth-order valence-electron chi connectivity index (χ4n) is 1.46. The van der Waals surface area contributed by atoms with Crippen molar-refractivity contribution in [1.82, 2.24) is 10.3 Å². The minimum atomic E-state index is 0.956. The molecule has 2 rings (SSSR count). The quantitative estimate of drug-likeness (QED) is 0.757. The molecule has 1 aromatic heterocycles. The van der Waals surface area contributed by atoms with Gasteiger partial charge in [0.1, 0.15) is 0 Å². The van der Waals surface area contributed by atoms with E-state index >= 15 is 0 Å². The van der Waals surface area contributed by atoms with Gasteiger partial charge in [-0.25, -0.2) is 0 Å². The molecule has 0 radical (unpaired) electrons. The molecule has 0 saturated heterocycles. The lowest BCUT2D eigenvalue weighted by Crippen LogP contribution is -2.16. The third kappa shape index (κ3) is 2.81. The maximum absolute atomic E-state index is 4.16. The second-order valence-electron chi connectivity index (χ2n) is 3.94. The molecule has 1 aromatic rings. The molecule has 0 aliphatic heterocycles. The smallest absolute Gasteiger partial charge is 0.0313 e. The number of hydrogen-bond acceptors (Lipinski definition) is 2. The van der Waals surface area contributed by atoms with Crippen molar-refractivity contribution in [2.45, 2.75) is 26.3 Å². The Morgan fingerprint density at radius 2 is 2.31 bits per heavy atom. The summed E-state index contributed by atoms with van der Waals surface area (Å²) in [6.07, 6.45) is 6.66. The highest BCUT2D eigenvalue weighted by atomic mass is 14.9. The molecule has 1 saturated carbocycles. The summed E-state index contributed by atoms with van der Waals surface area (Å²) in [5.41, 5.74) is 2.53. The fourth-order valence-corrected chi connectivity index (χ4v) is 1.46. The molecule has 1 aliphatic rings. The molecular weight excluding hydrogens is 160 g/mol. The van der Waals surface area contributed by atoms with Crippen LogP contribution in [0.4, 0.5) is 0 Å². The summed E-state index contributed by atoms with van der Waals surface area (Å²) in [6, 6.07) is 2.19. The van der Waals surface area contributed by atoms with Gasteiger partial charge < -0.3 is 5.32 Å². The Balaban J connectivity index is 1.79.